The van der Waals surface area contributed by atoms with Gasteiger partial charge in [0, 0.05) is 31.1 Å². The topological polar surface area (TPSA) is 96.4 Å². The van der Waals surface area contributed by atoms with E-state index in [1.54, 1.807) is 22.0 Å². The van der Waals surface area contributed by atoms with Gasteiger partial charge < -0.3 is 24.4 Å². The van der Waals surface area contributed by atoms with Gasteiger partial charge in [-0.1, -0.05) is 47.8 Å². The molecule has 1 N–H and O–H groups in total. The Morgan fingerprint density at radius 1 is 1.29 bits per heavy atom. The van der Waals surface area contributed by atoms with Gasteiger partial charge in [-0.15, -0.1) is 13.2 Å². The van der Waals surface area contributed by atoms with Crippen molar-refractivity contribution in [2.45, 2.75) is 74.4 Å². The van der Waals surface area contributed by atoms with Crippen LogP contribution in [0.25, 0.3) is 0 Å². The Bertz CT molecular complexity index is 807. The van der Waals surface area contributed by atoms with Crippen LogP contribution in [-0.2, 0) is 23.9 Å². The Labute approximate surface area is 216 Å². The number of rotatable bonds is 15. The molecular weight excluding hydrogens is 516 g/mol. The van der Waals surface area contributed by atoms with Crippen LogP contribution in [0.3, 0.4) is 0 Å². The van der Waals surface area contributed by atoms with Gasteiger partial charge in [-0.05, 0) is 32.1 Å². The molecular formula is C26H39BrN2O6. The average molecular weight is 556 g/mol. The highest BCUT2D eigenvalue weighted by atomic mass is 79.9. The molecule has 9 heteroatoms. The largest absolute Gasteiger partial charge is 0.465 e. The predicted octanol–water partition coefficient (Wildman–Crippen LogP) is 2.83. The fourth-order valence-corrected chi connectivity index (χ4v) is 6.77. The Kier molecular flexibility index (Phi) is 9.95. The van der Waals surface area contributed by atoms with Crippen LogP contribution in [0.5, 0.6) is 0 Å². The molecule has 3 aliphatic heterocycles. The third-order valence-electron chi connectivity index (χ3n) is 7.36. The molecule has 0 aromatic carbocycles. The fraction of sp³-hybridized carbons (Fsp3) is 0.731. The number of alkyl halides is 1. The van der Waals surface area contributed by atoms with E-state index in [-0.39, 0.29) is 29.9 Å². The number of unbranched alkanes of at least 4 members (excludes halogenated alkanes) is 3. The molecule has 3 fully saturated rings. The van der Waals surface area contributed by atoms with Crippen molar-refractivity contribution in [2.75, 3.05) is 32.8 Å². The maximum atomic E-state index is 14.0. The number of aliphatic hydroxyl groups is 1. The zero-order valence-corrected chi connectivity index (χ0v) is 22.3. The number of halogens is 1. The smallest absolute Gasteiger partial charge is 0.312 e. The summed E-state index contributed by atoms with van der Waals surface area (Å²) in [5.41, 5.74) is -1.08. The van der Waals surface area contributed by atoms with E-state index >= 15 is 0 Å². The Morgan fingerprint density at radius 3 is 2.71 bits per heavy atom. The van der Waals surface area contributed by atoms with Crippen molar-refractivity contribution in [3.63, 3.8) is 0 Å². The zero-order valence-electron chi connectivity index (χ0n) is 20.7. The number of fused-ring (bicyclic) bond motifs is 1. The third-order valence-corrected chi connectivity index (χ3v) is 8.21. The van der Waals surface area contributed by atoms with Gasteiger partial charge in [0.15, 0.2) is 0 Å². The van der Waals surface area contributed by atoms with Gasteiger partial charge >= 0.3 is 5.97 Å². The minimum Gasteiger partial charge on any atom is -0.465 e. The summed E-state index contributed by atoms with van der Waals surface area (Å²) in [5, 5.41) is 9.29. The third kappa shape index (κ3) is 5.37. The van der Waals surface area contributed by atoms with Crippen molar-refractivity contribution in [2.24, 2.45) is 11.8 Å². The normalized spacial score (nSPS) is 30.9. The molecule has 35 heavy (non-hydrogen) atoms. The van der Waals surface area contributed by atoms with E-state index in [1.807, 2.05) is 0 Å². The number of carbonyl (C=O) groups is 3. The van der Waals surface area contributed by atoms with Crippen LogP contribution in [0.15, 0.2) is 25.3 Å². The summed E-state index contributed by atoms with van der Waals surface area (Å²) in [4.78, 5) is 44.2. The van der Waals surface area contributed by atoms with E-state index in [0.717, 1.165) is 19.3 Å². The van der Waals surface area contributed by atoms with Gasteiger partial charge in [0.25, 0.3) is 0 Å². The van der Waals surface area contributed by atoms with Crippen LogP contribution in [-0.4, -0.2) is 88.1 Å². The van der Waals surface area contributed by atoms with E-state index in [2.05, 4.69) is 36.0 Å². The lowest BCUT2D eigenvalue weighted by Gasteiger charge is -2.37. The van der Waals surface area contributed by atoms with Gasteiger partial charge in [-0.25, -0.2) is 0 Å². The molecule has 0 saturated carbocycles. The molecule has 0 radical (unpaired) electrons. The minimum absolute atomic E-state index is 0.00905. The van der Waals surface area contributed by atoms with Crippen molar-refractivity contribution in [1.29, 1.82) is 0 Å². The molecule has 3 saturated heterocycles. The summed E-state index contributed by atoms with van der Waals surface area (Å²) in [6.45, 7) is 11.1. The summed E-state index contributed by atoms with van der Waals surface area (Å²) >= 11 is 3.66. The monoisotopic (exact) mass is 554 g/mol. The second-order valence-corrected chi connectivity index (χ2v) is 10.8. The van der Waals surface area contributed by atoms with Crippen molar-refractivity contribution in [1.82, 2.24) is 9.80 Å². The van der Waals surface area contributed by atoms with Crippen molar-refractivity contribution < 1.29 is 29.0 Å². The molecule has 0 aromatic heterocycles. The fourth-order valence-electron chi connectivity index (χ4n) is 5.82. The van der Waals surface area contributed by atoms with Gasteiger partial charge in [0.1, 0.15) is 11.6 Å². The standard InChI is InChI=1S/C26H39BrN2O6/c1-4-7-9-13-28(12-6-3)24(32)22-26-17-18(27)21(35-26)19(25(33)34-16-8-5-2)20(26)23(31)29(22)14-10-11-15-30/h5-6,18-22,30H,2-4,7-17H2,1H3/t18?,19-,20-,21-,22?,26?/m0/s1. The number of aliphatic hydroxyl groups excluding tert-OH is 1. The Balaban J connectivity index is 1.95. The molecule has 8 nitrogen and oxygen atoms in total. The first-order valence-electron chi connectivity index (χ1n) is 12.8. The number of hydrogen-bond donors (Lipinski definition) is 1. The van der Waals surface area contributed by atoms with Gasteiger partial charge in [0.05, 0.1) is 24.5 Å². The molecule has 3 rings (SSSR count). The van der Waals surface area contributed by atoms with Crippen LogP contribution in [0.4, 0.5) is 0 Å². The summed E-state index contributed by atoms with van der Waals surface area (Å²) in [5.74, 6) is -2.39. The summed E-state index contributed by atoms with van der Waals surface area (Å²) in [6.07, 6.45) is 7.80. The molecule has 3 unspecified atom stereocenters. The number of nitrogens with zero attached hydrogens (tertiary/aromatic N) is 2. The van der Waals surface area contributed by atoms with Crippen molar-refractivity contribution in [3.05, 3.63) is 25.3 Å². The van der Waals surface area contributed by atoms with Crippen molar-refractivity contribution >= 4 is 33.7 Å². The second kappa shape index (κ2) is 12.5. The van der Waals surface area contributed by atoms with Crippen LogP contribution >= 0.6 is 15.9 Å². The van der Waals surface area contributed by atoms with E-state index in [9.17, 15) is 19.5 Å². The highest BCUT2D eigenvalue weighted by Crippen LogP contribution is 2.60. The van der Waals surface area contributed by atoms with Crippen LogP contribution in [0.2, 0.25) is 0 Å². The molecule has 6 atom stereocenters. The van der Waals surface area contributed by atoms with Crippen LogP contribution in [0.1, 0.15) is 51.9 Å². The molecule has 1 spiro atoms. The lowest BCUT2D eigenvalue weighted by atomic mass is 9.70. The number of hydrogen-bond acceptors (Lipinski definition) is 6. The minimum atomic E-state index is -1.08. The molecule has 0 aromatic rings. The second-order valence-electron chi connectivity index (χ2n) is 9.65. The lowest BCUT2D eigenvalue weighted by molar-refractivity contribution is -0.155. The predicted molar refractivity (Wildman–Crippen MR) is 136 cm³/mol. The zero-order chi connectivity index (χ0) is 25.6. The molecule has 3 aliphatic rings. The molecule has 2 amide bonds. The van der Waals surface area contributed by atoms with Crippen molar-refractivity contribution in [3.8, 4) is 0 Å². The summed E-state index contributed by atoms with van der Waals surface area (Å²) < 4.78 is 12.0. The number of likely N-dealkylation sites (tertiary alicyclic amines) is 1. The van der Waals surface area contributed by atoms with E-state index in [0.29, 0.717) is 45.3 Å². The van der Waals surface area contributed by atoms with E-state index < -0.39 is 35.6 Å². The Hall–Kier alpha value is -1.71. The highest BCUT2D eigenvalue weighted by molar-refractivity contribution is 9.09. The van der Waals surface area contributed by atoms with Crippen LogP contribution < -0.4 is 0 Å². The molecule has 196 valence electrons. The van der Waals surface area contributed by atoms with E-state index in [4.69, 9.17) is 9.47 Å². The summed E-state index contributed by atoms with van der Waals surface area (Å²) in [7, 11) is 0. The molecule has 2 bridgehead atoms. The highest BCUT2D eigenvalue weighted by Gasteiger charge is 2.77. The first kappa shape index (κ1) is 27.9. The van der Waals surface area contributed by atoms with Crippen LogP contribution in [0, 0.1) is 11.8 Å². The average Bonchev–Trinajstić information content (AvgIpc) is 3.42. The molecule has 0 aliphatic carbocycles. The summed E-state index contributed by atoms with van der Waals surface area (Å²) in [6, 6.07) is -0.823. The van der Waals surface area contributed by atoms with Gasteiger partial charge in [0.2, 0.25) is 11.8 Å². The number of esters is 1. The first-order chi connectivity index (χ1) is 16.9. The maximum Gasteiger partial charge on any atom is 0.312 e. The number of ether oxygens (including phenoxy) is 2. The van der Waals surface area contributed by atoms with Gasteiger partial charge in [-0.2, -0.15) is 0 Å². The first-order valence-corrected chi connectivity index (χ1v) is 13.7. The Morgan fingerprint density at radius 2 is 2.06 bits per heavy atom. The lowest BCUT2D eigenvalue weighted by Crippen LogP contribution is -2.57. The molecule has 3 heterocycles. The maximum absolute atomic E-state index is 14.0. The van der Waals surface area contributed by atoms with E-state index in [1.165, 1.54) is 0 Å². The number of amides is 2. The number of carbonyl (C=O) groups excluding carboxylic acids is 3. The quantitative estimate of drug-likeness (QED) is 0.145. The van der Waals surface area contributed by atoms with Gasteiger partial charge in [-0.3, -0.25) is 14.4 Å². The SMILES string of the molecule is C=CCCOC(=O)[C@H]1[C@H]2C(=O)N(CCCCO)C(C(=O)N(CC=C)CCCCC)C23CC(Br)[C@@H]1O3.